The van der Waals surface area contributed by atoms with Crippen molar-refractivity contribution in [1.82, 2.24) is 9.78 Å². The molecule has 0 bridgehead atoms. The minimum atomic E-state index is -0.662. The van der Waals surface area contributed by atoms with E-state index in [2.05, 4.69) is 10.4 Å². The lowest BCUT2D eigenvalue weighted by Gasteiger charge is -2.19. The lowest BCUT2D eigenvalue weighted by molar-refractivity contribution is -0.111. The van der Waals surface area contributed by atoms with Gasteiger partial charge in [-0.1, -0.05) is 0 Å². The highest BCUT2D eigenvalue weighted by Gasteiger charge is 2.21. The van der Waals surface area contributed by atoms with Crippen LogP contribution in [0.25, 0.3) is 6.08 Å². The Balaban J connectivity index is 1.74. The van der Waals surface area contributed by atoms with Gasteiger partial charge in [0.15, 0.2) is 11.6 Å². The van der Waals surface area contributed by atoms with Crippen molar-refractivity contribution in [3.8, 4) is 0 Å². The molecule has 0 spiro atoms. The van der Waals surface area contributed by atoms with E-state index in [0.717, 1.165) is 41.9 Å². The van der Waals surface area contributed by atoms with E-state index in [9.17, 15) is 13.6 Å². The number of anilines is 2. The molecule has 0 unspecified atom stereocenters. The van der Waals surface area contributed by atoms with Gasteiger partial charge in [-0.15, -0.1) is 0 Å². The van der Waals surface area contributed by atoms with Crippen LogP contribution in [0.3, 0.4) is 0 Å². The van der Waals surface area contributed by atoms with Gasteiger partial charge in [-0.2, -0.15) is 5.10 Å². The third-order valence-electron chi connectivity index (χ3n) is 4.67. The number of carbonyl (C=O) groups excluding carboxylic acids is 1. The first-order chi connectivity index (χ1) is 12.4. The van der Waals surface area contributed by atoms with Crippen LogP contribution in [-0.4, -0.2) is 28.8 Å². The maximum Gasteiger partial charge on any atom is 0.248 e. The van der Waals surface area contributed by atoms with Crippen LogP contribution in [0.1, 0.15) is 29.8 Å². The molecule has 1 aliphatic rings. The van der Waals surface area contributed by atoms with E-state index in [1.807, 2.05) is 20.9 Å². The fourth-order valence-corrected chi connectivity index (χ4v) is 3.25. The summed E-state index contributed by atoms with van der Waals surface area (Å²) in [6.45, 7) is 5.05. The van der Waals surface area contributed by atoms with Gasteiger partial charge >= 0.3 is 0 Å². The molecular formula is C19H22F2N4O. The number of nitrogens with one attached hydrogen (secondary N) is 1. The number of aromatic nitrogens is 2. The van der Waals surface area contributed by atoms with Gasteiger partial charge in [0.05, 0.1) is 5.69 Å². The van der Waals surface area contributed by atoms with E-state index >= 15 is 0 Å². The molecule has 3 rings (SSSR count). The number of nitrogens with zero attached hydrogens (tertiary/aromatic N) is 3. The predicted molar refractivity (Wildman–Crippen MR) is 98.2 cm³/mol. The third-order valence-corrected chi connectivity index (χ3v) is 4.67. The van der Waals surface area contributed by atoms with E-state index in [1.165, 1.54) is 6.08 Å². The molecule has 1 amide bonds. The first kappa shape index (κ1) is 18.1. The largest absolute Gasteiger partial charge is 0.367 e. The Hall–Kier alpha value is -2.70. The van der Waals surface area contributed by atoms with Gasteiger partial charge in [-0.05, 0) is 44.9 Å². The second-order valence-corrected chi connectivity index (χ2v) is 6.51. The van der Waals surface area contributed by atoms with Gasteiger partial charge in [-0.3, -0.25) is 9.48 Å². The number of carbonyl (C=O) groups is 1. The first-order valence-corrected chi connectivity index (χ1v) is 8.60. The standard InChI is InChI=1S/C19H22F2N4O/c1-12-15(13(2)24(3)23-12)6-7-18(26)22-14-10-16(20)19(17(21)11-14)25-8-4-5-9-25/h6-7,10-11H,4-5,8-9H2,1-3H3,(H,22,26). The molecule has 7 heteroatoms. The summed E-state index contributed by atoms with van der Waals surface area (Å²) < 4.78 is 30.4. The maximum absolute atomic E-state index is 14.3. The van der Waals surface area contributed by atoms with Crippen LogP contribution in [0.5, 0.6) is 0 Å². The van der Waals surface area contributed by atoms with Crippen LogP contribution < -0.4 is 10.2 Å². The Morgan fingerprint density at radius 1 is 1.19 bits per heavy atom. The summed E-state index contributed by atoms with van der Waals surface area (Å²) in [4.78, 5) is 13.8. The van der Waals surface area contributed by atoms with Crippen molar-refractivity contribution < 1.29 is 13.6 Å². The molecule has 138 valence electrons. The smallest absolute Gasteiger partial charge is 0.248 e. The molecule has 1 aromatic heterocycles. The second-order valence-electron chi connectivity index (χ2n) is 6.51. The number of benzene rings is 1. The van der Waals surface area contributed by atoms with Crippen LogP contribution >= 0.6 is 0 Å². The highest BCUT2D eigenvalue weighted by Crippen LogP contribution is 2.29. The number of halogens is 2. The number of amides is 1. The fourth-order valence-electron chi connectivity index (χ4n) is 3.25. The molecule has 1 saturated heterocycles. The molecular weight excluding hydrogens is 338 g/mol. The highest BCUT2D eigenvalue weighted by atomic mass is 19.1. The molecule has 5 nitrogen and oxygen atoms in total. The molecule has 1 N–H and O–H groups in total. The van der Waals surface area contributed by atoms with Crippen molar-refractivity contribution in [3.05, 3.63) is 46.8 Å². The van der Waals surface area contributed by atoms with Crippen LogP contribution in [0.2, 0.25) is 0 Å². The average Bonchev–Trinajstić information content (AvgIpc) is 3.15. The van der Waals surface area contributed by atoms with Crippen molar-refractivity contribution in [3.63, 3.8) is 0 Å². The van der Waals surface area contributed by atoms with Gasteiger partial charge in [0.25, 0.3) is 0 Å². The molecule has 26 heavy (non-hydrogen) atoms. The van der Waals surface area contributed by atoms with Crippen LogP contribution in [-0.2, 0) is 11.8 Å². The molecule has 0 aliphatic carbocycles. The number of hydrogen-bond donors (Lipinski definition) is 1. The molecule has 0 atom stereocenters. The van der Waals surface area contributed by atoms with Crippen molar-refractivity contribution in [2.24, 2.45) is 7.05 Å². The zero-order valence-corrected chi connectivity index (χ0v) is 15.1. The van der Waals surface area contributed by atoms with Crippen molar-refractivity contribution >= 4 is 23.4 Å². The van der Waals surface area contributed by atoms with Crippen LogP contribution in [0, 0.1) is 25.5 Å². The Bertz CT molecular complexity index is 844. The van der Waals surface area contributed by atoms with Gasteiger partial charge in [0.1, 0.15) is 5.69 Å². The monoisotopic (exact) mass is 360 g/mol. The average molecular weight is 360 g/mol. The van der Waals surface area contributed by atoms with Crippen molar-refractivity contribution in [1.29, 1.82) is 0 Å². The number of rotatable bonds is 4. The van der Waals surface area contributed by atoms with E-state index in [0.29, 0.717) is 13.1 Å². The van der Waals surface area contributed by atoms with Crippen molar-refractivity contribution in [2.45, 2.75) is 26.7 Å². The zero-order chi connectivity index (χ0) is 18.8. The van der Waals surface area contributed by atoms with E-state index in [1.54, 1.807) is 15.7 Å². The molecule has 0 radical (unpaired) electrons. The maximum atomic E-state index is 14.3. The number of aryl methyl sites for hydroxylation is 2. The number of hydrogen-bond acceptors (Lipinski definition) is 3. The van der Waals surface area contributed by atoms with E-state index < -0.39 is 17.5 Å². The molecule has 1 aromatic carbocycles. The van der Waals surface area contributed by atoms with Crippen LogP contribution in [0.4, 0.5) is 20.2 Å². The lowest BCUT2D eigenvalue weighted by Crippen LogP contribution is -2.21. The van der Waals surface area contributed by atoms with Gasteiger partial charge in [0.2, 0.25) is 5.91 Å². The summed E-state index contributed by atoms with van der Waals surface area (Å²) >= 11 is 0. The van der Waals surface area contributed by atoms with E-state index in [-0.39, 0.29) is 11.4 Å². The minimum Gasteiger partial charge on any atom is -0.367 e. The zero-order valence-electron chi connectivity index (χ0n) is 15.1. The molecule has 0 saturated carbocycles. The molecule has 1 aliphatic heterocycles. The fraction of sp³-hybridized carbons (Fsp3) is 0.368. The third kappa shape index (κ3) is 3.61. The van der Waals surface area contributed by atoms with Gasteiger partial charge in [-0.25, -0.2) is 8.78 Å². The molecule has 2 aromatic rings. The van der Waals surface area contributed by atoms with Gasteiger partial charge < -0.3 is 10.2 Å². The highest BCUT2D eigenvalue weighted by molar-refractivity contribution is 6.02. The van der Waals surface area contributed by atoms with Gasteiger partial charge in [0, 0.05) is 43.2 Å². The quantitative estimate of drug-likeness (QED) is 0.848. The SMILES string of the molecule is Cc1nn(C)c(C)c1C=CC(=O)Nc1cc(F)c(N2CCCC2)c(F)c1. The predicted octanol–water partition coefficient (Wildman–Crippen LogP) is 3.57. The minimum absolute atomic E-state index is 0.0161. The Morgan fingerprint density at radius 2 is 1.81 bits per heavy atom. The van der Waals surface area contributed by atoms with E-state index in [4.69, 9.17) is 0 Å². The first-order valence-electron chi connectivity index (χ1n) is 8.60. The Morgan fingerprint density at radius 3 is 2.35 bits per heavy atom. The normalized spacial score (nSPS) is 14.4. The summed E-state index contributed by atoms with van der Waals surface area (Å²) in [6.07, 6.45) is 4.84. The summed E-state index contributed by atoms with van der Waals surface area (Å²) in [5.74, 6) is -1.78. The summed E-state index contributed by atoms with van der Waals surface area (Å²) in [6, 6.07) is 2.31. The topological polar surface area (TPSA) is 50.2 Å². The van der Waals surface area contributed by atoms with Crippen molar-refractivity contribution in [2.75, 3.05) is 23.3 Å². The summed E-state index contributed by atoms with van der Waals surface area (Å²) in [5, 5.41) is 6.78. The summed E-state index contributed by atoms with van der Waals surface area (Å²) in [5.41, 5.74) is 2.67. The molecule has 2 heterocycles. The second kappa shape index (κ2) is 7.27. The molecule has 1 fully saturated rings. The van der Waals surface area contributed by atoms with Crippen LogP contribution in [0.15, 0.2) is 18.2 Å². The lowest BCUT2D eigenvalue weighted by atomic mass is 10.2. The Labute approximate surface area is 151 Å². The summed E-state index contributed by atoms with van der Waals surface area (Å²) in [7, 11) is 1.83. The Kier molecular flexibility index (Phi) is 5.06.